The van der Waals surface area contributed by atoms with Crippen LogP contribution in [-0.2, 0) is 9.53 Å². The number of amides is 1. The number of para-hydroxylation sites is 1. The lowest BCUT2D eigenvalue weighted by Gasteiger charge is -2.31. The summed E-state index contributed by atoms with van der Waals surface area (Å²) in [6.07, 6.45) is 1.35. The molecule has 2 aromatic carbocycles. The van der Waals surface area contributed by atoms with E-state index in [1.54, 1.807) is 30.0 Å². The molecular weight excluding hydrogens is 374 g/mol. The number of piperidine rings is 1. The fraction of sp³-hybridized carbons (Fsp3) is 0.333. The Morgan fingerprint density at radius 2 is 2.00 bits per heavy atom. The highest BCUT2D eigenvalue weighted by Crippen LogP contribution is 2.30. The lowest BCUT2D eigenvalue weighted by Crippen LogP contribution is -2.42. The van der Waals surface area contributed by atoms with Crippen molar-refractivity contribution in [3.8, 4) is 0 Å². The maximum Gasteiger partial charge on any atom is 0.310 e. The van der Waals surface area contributed by atoms with Gasteiger partial charge in [0.25, 0.3) is 11.6 Å². The lowest BCUT2D eigenvalue weighted by atomic mass is 9.97. The molecular formula is C21H23N3O5. The summed E-state index contributed by atoms with van der Waals surface area (Å²) in [7, 11) is 0. The Bertz CT molecular complexity index is 900. The number of carbonyl (C=O) groups excluding carboxylic acids is 2. The number of carbonyl (C=O) groups is 2. The van der Waals surface area contributed by atoms with Crippen LogP contribution in [-0.4, -0.2) is 41.4 Å². The van der Waals surface area contributed by atoms with Crippen molar-refractivity contribution in [1.82, 2.24) is 4.90 Å². The zero-order chi connectivity index (χ0) is 20.8. The molecule has 2 aromatic rings. The number of hydrogen-bond donors (Lipinski definition) is 1. The number of rotatable bonds is 6. The van der Waals surface area contributed by atoms with Gasteiger partial charge in [-0.15, -0.1) is 0 Å². The van der Waals surface area contributed by atoms with Gasteiger partial charge in [0.2, 0.25) is 0 Å². The molecule has 1 fully saturated rings. The van der Waals surface area contributed by atoms with Crippen LogP contribution in [0, 0.1) is 16.0 Å². The second kappa shape index (κ2) is 9.18. The van der Waals surface area contributed by atoms with Gasteiger partial charge in [0.15, 0.2) is 0 Å². The molecule has 3 rings (SSSR count). The van der Waals surface area contributed by atoms with Gasteiger partial charge in [0.1, 0.15) is 5.69 Å². The Hall–Kier alpha value is -3.42. The highest BCUT2D eigenvalue weighted by Gasteiger charge is 2.30. The van der Waals surface area contributed by atoms with Gasteiger partial charge < -0.3 is 15.0 Å². The first-order chi connectivity index (χ1) is 14.0. The molecule has 0 saturated carbocycles. The Labute approximate surface area is 168 Å². The maximum atomic E-state index is 12.9. The summed E-state index contributed by atoms with van der Waals surface area (Å²) in [6.45, 7) is 2.81. The van der Waals surface area contributed by atoms with Crippen molar-refractivity contribution < 1.29 is 19.2 Å². The number of nitrogens with one attached hydrogen (secondary N) is 1. The standard InChI is InChI=1S/C21H23N3O5/c1-2-29-21(26)16-7-6-12-23(14-16)20(25)15-10-11-18(19(13-15)24(27)28)22-17-8-4-3-5-9-17/h3-5,8-11,13,16,22H,2,6-7,12,14H2,1H3. The van der Waals surface area contributed by atoms with E-state index in [1.165, 1.54) is 12.1 Å². The molecule has 0 aliphatic carbocycles. The van der Waals surface area contributed by atoms with E-state index in [0.717, 1.165) is 0 Å². The molecule has 29 heavy (non-hydrogen) atoms. The van der Waals surface area contributed by atoms with Crippen LogP contribution in [0.2, 0.25) is 0 Å². The monoisotopic (exact) mass is 397 g/mol. The number of likely N-dealkylation sites (tertiary alicyclic amines) is 1. The molecule has 1 saturated heterocycles. The fourth-order valence-corrected chi connectivity index (χ4v) is 3.40. The number of nitrogens with zero attached hydrogens (tertiary/aromatic N) is 2. The minimum atomic E-state index is -0.514. The highest BCUT2D eigenvalue weighted by molar-refractivity contribution is 5.96. The molecule has 0 bridgehead atoms. The van der Waals surface area contributed by atoms with Crippen LogP contribution in [0.4, 0.5) is 17.1 Å². The first kappa shape index (κ1) is 20.3. The van der Waals surface area contributed by atoms with Crippen LogP contribution in [0.15, 0.2) is 48.5 Å². The summed E-state index contributed by atoms with van der Waals surface area (Å²) < 4.78 is 5.06. The van der Waals surface area contributed by atoms with Crippen LogP contribution >= 0.6 is 0 Å². The normalized spacial score (nSPS) is 16.2. The average Bonchev–Trinajstić information content (AvgIpc) is 2.74. The fourth-order valence-electron chi connectivity index (χ4n) is 3.40. The summed E-state index contributed by atoms with van der Waals surface area (Å²) in [5.74, 6) is -0.992. The zero-order valence-corrected chi connectivity index (χ0v) is 16.2. The predicted octanol–water partition coefficient (Wildman–Crippen LogP) is 3.75. The highest BCUT2D eigenvalue weighted by atomic mass is 16.6. The average molecular weight is 397 g/mol. The summed E-state index contributed by atoms with van der Waals surface area (Å²) in [6, 6.07) is 13.5. The van der Waals surface area contributed by atoms with E-state index < -0.39 is 4.92 Å². The van der Waals surface area contributed by atoms with E-state index in [2.05, 4.69) is 5.32 Å². The van der Waals surface area contributed by atoms with Crippen LogP contribution in [0.1, 0.15) is 30.1 Å². The van der Waals surface area contributed by atoms with Crippen LogP contribution in [0.3, 0.4) is 0 Å². The smallest absolute Gasteiger partial charge is 0.310 e. The minimum Gasteiger partial charge on any atom is -0.466 e. The number of benzene rings is 2. The van der Waals surface area contributed by atoms with E-state index in [-0.39, 0.29) is 35.6 Å². The second-order valence-electron chi connectivity index (χ2n) is 6.82. The van der Waals surface area contributed by atoms with Gasteiger partial charge >= 0.3 is 5.97 Å². The van der Waals surface area contributed by atoms with Gasteiger partial charge in [0.05, 0.1) is 17.4 Å². The van der Waals surface area contributed by atoms with E-state index in [4.69, 9.17) is 4.74 Å². The molecule has 0 radical (unpaired) electrons. The van der Waals surface area contributed by atoms with Crippen molar-refractivity contribution in [1.29, 1.82) is 0 Å². The molecule has 1 N–H and O–H groups in total. The van der Waals surface area contributed by atoms with Crippen molar-refractivity contribution in [2.75, 3.05) is 25.0 Å². The molecule has 0 aromatic heterocycles. The van der Waals surface area contributed by atoms with Gasteiger partial charge in [-0.05, 0) is 44.0 Å². The quantitative estimate of drug-likeness (QED) is 0.452. The van der Waals surface area contributed by atoms with Crippen LogP contribution < -0.4 is 5.32 Å². The summed E-state index contributed by atoms with van der Waals surface area (Å²) in [5, 5.41) is 14.6. The third kappa shape index (κ3) is 4.90. The number of hydrogen-bond acceptors (Lipinski definition) is 6. The van der Waals surface area contributed by atoms with E-state index in [1.807, 2.05) is 18.2 Å². The molecule has 1 aliphatic rings. The lowest BCUT2D eigenvalue weighted by molar-refractivity contribution is -0.383. The Kier molecular flexibility index (Phi) is 6.43. The molecule has 1 unspecified atom stereocenters. The first-order valence-electron chi connectivity index (χ1n) is 9.56. The third-order valence-electron chi connectivity index (χ3n) is 4.82. The number of esters is 1. The third-order valence-corrected chi connectivity index (χ3v) is 4.82. The Morgan fingerprint density at radius 1 is 1.24 bits per heavy atom. The number of nitro groups is 1. The van der Waals surface area contributed by atoms with Crippen molar-refractivity contribution in [2.24, 2.45) is 5.92 Å². The molecule has 0 spiro atoms. The van der Waals surface area contributed by atoms with E-state index in [9.17, 15) is 19.7 Å². The summed E-state index contributed by atoms with van der Waals surface area (Å²) in [4.78, 5) is 37.5. The SMILES string of the molecule is CCOC(=O)C1CCCN(C(=O)c2ccc(Nc3ccccc3)c([N+](=O)[O-])c2)C1. The van der Waals surface area contributed by atoms with Crippen molar-refractivity contribution in [3.05, 3.63) is 64.2 Å². The molecule has 1 amide bonds. The van der Waals surface area contributed by atoms with Gasteiger partial charge in [-0.3, -0.25) is 19.7 Å². The summed E-state index contributed by atoms with van der Waals surface area (Å²) >= 11 is 0. The van der Waals surface area contributed by atoms with E-state index >= 15 is 0 Å². The predicted molar refractivity (Wildman–Crippen MR) is 108 cm³/mol. The molecule has 152 valence electrons. The molecule has 1 heterocycles. The topological polar surface area (TPSA) is 102 Å². The molecule has 8 heteroatoms. The Morgan fingerprint density at radius 3 is 2.69 bits per heavy atom. The van der Waals surface area contributed by atoms with Crippen molar-refractivity contribution in [2.45, 2.75) is 19.8 Å². The first-order valence-corrected chi connectivity index (χ1v) is 9.56. The summed E-state index contributed by atoms with van der Waals surface area (Å²) in [5.41, 5.74) is 1.06. The number of nitro benzene ring substituents is 1. The van der Waals surface area contributed by atoms with Crippen molar-refractivity contribution >= 4 is 28.9 Å². The molecule has 1 aliphatic heterocycles. The van der Waals surface area contributed by atoms with Gasteiger partial charge in [-0.25, -0.2) is 0 Å². The van der Waals surface area contributed by atoms with E-state index in [0.29, 0.717) is 37.4 Å². The largest absolute Gasteiger partial charge is 0.466 e. The van der Waals surface area contributed by atoms with Gasteiger partial charge in [0, 0.05) is 30.4 Å². The molecule has 1 atom stereocenters. The zero-order valence-electron chi connectivity index (χ0n) is 16.2. The molecule has 8 nitrogen and oxygen atoms in total. The Balaban J connectivity index is 1.79. The number of anilines is 2. The maximum absolute atomic E-state index is 12.9. The van der Waals surface area contributed by atoms with Gasteiger partial charge in [-0.1, -0.05) is 18.2 Å². The van der Waals surface area contributed by atoms with Crippen molar-refractivity contribution in [3.63, 3.8) is 0 Å². The second-order valence-corrected chi connectivity index (χ2v) is 6.82. The van der Waals surface area contributed by atoms with Crippen LogP contribution in [0.5, 0.6) is 0 Å². The minimum absolute atomic E-state index is 0.182. The van der Waals surface area contributed by atoms with Gasteiger partial charge in [-0.2, -0.15) is 0 Å². The number of ether oxygens (including phenoxy) is 1. The van der Waals surface area contributed by atoms with Crippen LogP contribution in [0.25, 0.3) is 0 Å².